The van der Waals surface area contributed by atoms with Gasteiger partial charge in [-0.05, 0) is 34.1 Å². The van der Waals surface area contributed by atoms with Crippen LogP contribution in [0, 0.1) is 21.6 Å². The number of pyridine rings is 1. The van der Waals surface area contributed by atoms with E-state index in [4.69, 9.17) is 10.8 Å². The van der Waals surface area contributed by atoms with E-state index in [0.717, 1.165) is 24.3 Å². The van der Waals surface area contributed by atoms with Crippen LogP contribution in [0.5, 0.6) is 0 Å². The summed E-state index contributed by atoms with van der Waals surface area (Å²) in [5.41, 5.74) is 4.79. The molecule has 0 fully saturated rings. The Kier molecular flexibility index (Phi) is 12.9. The molecule has 2 aliphatic rings. The van der Waals surface area contributed by atoms with E-state index in [1.807, 2.05) is 36.5 Å². The summed E-state index contributed by atoms with van der Waals surface area (Å²) in [6.07, 6.45) is 13.8. The van der Waals surface area contributed by atoms with Gasteiger partial charge in [-0.1, -0.05) is 84.1 Å². The number of rotatable bonds is 2. The fourth-order valence-electron chi connectivity index (χ4n) is 3.35. The van der Waals surface area contributed by atoms with Crippen LogP contribution in [-0.4, -0.2) is 28.0 Å². The standard InChI is InChI=1S/2C10H15N.C9H9NO2.Fe/c2*1-10(2,3)8-6-4-5-7-9(8)11;1-6(11)8-4-3-5-9(10-8)7(2)12;/h2*4-6,11H,7H2,1-3H3;3-5H,1-2H3;. The van der Waals surface area contributed by atoms with Crippen LogP contribution in [0.15, 0.2) is 65.8 Å². The van der Waals surface area contributed by atoms with Crippen molar-refractivity contribution in [3.05, 3.63) is 77.2 Å². The quantitative estimate of drug-likeness (QED) is 0.317. The van der Waals surface area contributed by atoms with Gasteiger partial charge >= 0.3 is 0 Å². The zero-order chi connectivity index (χ0) is 26.1. The minimum absolute atomic E-state index is 0. The Morgan fingerprint density at radius 2 is 1.09 bits per heavy atom. The van der Waals surface area contributed by atoms with Crippen molar-refractivity contribution in [3.8, 4) is 0 Å². The molecule has 0 amide bonds. The van der Waals surface area contributed by atoms with Crippen molar-refractivity contribution in [1.29, 1.82) is 10.8 Å². The zero-order valence-corrected chi connectivity index (χ0v) is 23.3. The maximum atomic E-state index is 10.8. The van der Waals surface area contributed by atoms with Gasteiger partial charge < -0.3 is 10.8 Å². The minimum Gasteiger partial charge on any atom is -0.305 e. The molecule has 6 heteroatoms. The number of allylic oxidation sites excluding steroid dienone is 8. The number of aromatic nitrogens is 1. The van der Waals surface area contributed by atoms with Crippen molar-refractivity contribution in [2.24, 2.45) is 10.8 Å². The molecule has 35 heavy (non-hydrogen) atoms. The molecule has 1 aromatic heterocycles. The minimum atomic E-state index is -0.127. The molecule has 0 aliphatic heterocycles. The maximum absolute atomic E-state index is 10.8. The molecule has 0 saturated heterocycles. The molecule has 0 unspecified atom stereocenters. The first-order valence-corrected chi connectivity index (χ1v) is 11.5. The molecular formula is C29H39FeN3O2. The summed E-state index contributed by atoms with van der Waals surface area (Å²) in [5, 5.41) is 15.4. The Bertz CT molecular complexity index is 981. The molecule has 0 bridgehead atoms. The number of hydrogen-bond acceptors (Lipinski definition) is 5. The SMILES string of the molecule is CC(=O)c1cccc(C(C)=O)n1.CC(C)(C)C1=CC=CCC1=N.CC(C)(C)C1=CC=CCC1=N.[Fe]. The summed E-state index contributed by atoms with van der Waals surface area (Å²) in [4.78, 5) is 25.6. The van der Waals surface area contributed by atoms with Crippen LogP contribution in [0.2, 0.25) is 0 Å². The van der Waals surface area contributed by atoms with Crippen LogP contribution in [0.4, 0.5) is 0 Å². The van der Waals surface area contributed by atoms with Crippen molar-refractivity contribution >= 4 is 23.0 Å². The summed E-state index contributed by atoms with van der Waals surface area (Å²) in [6, 6.07) is 4.84. The molecule has 190 valence electrons. The van der Waals surface area contributed by atoms with Gasteiger partial charge in [0.25, 0.3) is 0 Å². The van der Waals surface area contributed by atoms with Crippen molar-refractivity contribution < 1.29 is 26.7 Å². The zero-order valence-electron chi connectivity index (χ0n) is 22.2. The van der Waals surface area contributed by atoms with Crippen molar-refractivity contribution in [2.45, 2.75) is 68.2 Å². The first kappa shape index (κ1) is 32.3. The summed E-state index contributed by atoms with van der Waals surface area (Å²) in [7, 11) is 0. The monoisotopic (exact) mass is 517 g/mol. The number of nitrogens with one attached hydrogen (secondary N) is 2. The summed E-state index contributed by atoms with van der Waals surface area (Å²) >= 11 is 0. The van der Waals surface area contributed by atoms with Gasteiger partial charge in [-0.25, -0.2) is 4.98 Å². The number of nitrogens with zero attached hydrogens (tertiary/aromatic N) is 1. The van der Waals surface area contributed by atoms with Gasteiger partial charge in [-0.3, -0.25) is 9.59 Å². The first-order chi connectivity index (χ1) is 15.6. The van der Waals surface area contributed by atoms with E-state index in [1.165, 1.54) is 25.0 Å². The van der Waals surface area contributed by atoms with E-state index < -0.39 is 0 Å². The molecule has 3 rings (SSSR count). The molecule has 0 spiro atoms. The van der Waals surface area contributed by atoms with Crippen LogP contribution in [0.3, 0.4) is 0 Å². The van der Waals surface area contributed by atoms with Crippen LogP contribution in [0.25, 0.3) is 0 Å². The van der Waals surface area contributed by atoms with E-state index in [1.54, 1.807) is 18.2 Å². The molecule has 5 nitrogen and oxygen atoms in total. The third-order valence-electron chi connectivity index (χ3n) is 5.18. The van der Waals surface area contributed by atoms with Crippen LogP contribution in [-0.2, 0) is 17.1 Å². The van der Waals surface area contributed by atoms with E-state index in [-0.39, 0.29) is 39.5 Å². The Labute approximate surface area is 221 Å². The largest absolute Gasteiger partial charge is 0.305 e. The molecule has 0 aromatic carbocycles. The van der Waals surface area contributed by atoms with Gasteiger partial charge in [-0.2, -0.15) is 0 Å². The molecule has 0 saturated carbocycles. The predicted octanol–water partition coefficient (Wildman–Crippen LogP) is 7.36. The third kappa shape index (κ3) is 11.1. The number of hydrogen-bond donors (Lipinski definition) is 2. The summed E-state index contributed by atoms with van der Waals surface area (Å²) in [5.74, 6) is -0.254. The fourth-order valence-corrected chi connectivity index (χ4v) is 3.35. The molecule has 0 atom stereocenters. The third-order valence-corrected chi connectivity index (χ3v) is 5.18. The summed E-state index contributed by atoms with van der Waals surface area (Å²) in [6.45, 7) is 15.7. The fraction of sp³-hybridized carbons (Fsp3) is 0.414. The Morgan fingerprint density at radius 3 is 1.31 bits per heavy atom. The van der Waals surface area contributed by atoms with Crippen LogP contribution >= 0.6 is 0 Å². The molecular weight excluding hydrogens is 478 g/mol. The molecule has 0 radical (unpaired) electrons. The van der Waals surface area contributed by atoms with E-state index >= 15 is 0 Å². The molecule has 1 aromatic rings. The second kappa shape index (κ2) is 14.0. The van der Waals surface area contributed by atoms with E-state index in [2.05, 4.69) is 46.5 Å². The maximum Gasteiger partial charge on any atom is 0.178 e. The van der Waals surface area contributed by atoms with E-state index in [9.17, 15) is 9.59 Å². The molecule has 2 aliphatic carbocycles. The van der Waals surface area contributed by atoms with Gasteiger partial charge in [0.15, 0.2) is 11.6 Å². The average Bonchev–Trinajstić information content (AvgIpc) is 2.74. The predicted molar refractivity (Wildman–Crippen MR) is 142 cm³/mol. The Balaban J connectivity index is 0.000000489. The van der Waals surface area contributed by atoms with Crippen molar-refractivity contribution in [2.75, 3.05) is 0 Å². The van der Waals surface area contributed by atoms with Gasteiger partial charge in [0, 0.05) is 55.2 Å². The second-order valence-corrected chi connectivity index (χ2v) is 10.4. The normalized spacial score (nSPS) is 14.9. The van der Waals surface area contributed by atoms with Gasteiger partial charge in [-0.15, -0.1) is 0 Å². The Hall–Kier alpha value is -2.69. The number of Topliss-reactive ketones (excluding diaryl/α,β-unsaturated/α-hetero) is 2. The summed E-state index contributed by atoms with van der Waals surface area (Å²) < 4.78 is 0. The van der Waals surface area contributed by atoms with Crippen LogP contribution < -0.4 is 0 Å². The molecule has 2 N–H and O–H groups in total. The van der Waals surface area contributed by atoms with Gasteiger partial charge in [0.1, 0.15) is 11.4 Å². The Morgan fingerprint density at radius 1 is 0.743 bits per heavy atom. The smallest absolute Gasteiger partial charge is 0.178 e. The second-order valence-electron chi connectivity index (χ2n) is 10.4. The van der Waals surface area contributed by atoms with Crippen molar-refractivity contribution in [1.82, 2.24) is 4.98 Å². The van der Waals surface area contributed by atoms with Crippen LogP contribution in [0.1, 0.15) is 89.2 Å². The number of ketones is 2. The van der Waals surface area contributed by atoms with Crippen molar-refractivity contribution in [3.63, 3.8) is 0 Å². The average molecular weight is 517 g/mol. The van der Waals surface area contributed by atoms with Gasteiger partial charge in [0.2, 0.25) is 0 Å². The van der Waals surface area contributed by atoms with Gasteiger partial charge in [0.05, 0.1) is 0 Å². The number of carbonyl (C=O) groups excluding carboxylic acids is 2. The topological polar surface area (TPSA) is 94.7 Å². The first-order valence-electron chi connectivity index (χ1n) is 11.5. The molecule has 1 heterocycles. The van der Waals surface area contributed by atoms with E-state index in [0.29, 0.717) is 11.4 Å². The number of carbonyl (C=O) groups is 2.